The van der Waals surface area contributed by atoms with Gasteiger partial charge in [0.1, 0.15) is 6.04 Å². The summed E-state index contributed by atoms with van der Waals surface area (Å²) in [6.45, 7) is 2.56. The summed E-state index contributed by atoms with van der Waals surface area (Å²) in [7, 11) is 0. The van der Waals surface area contributed by atoms with Crippen LogP contribution in [0.5, 0.6) is 0 Å². The second-order valence-electron chi connectivity index (χ2n) is 7.17. The predicted octanol–water partition coefficient (Wildman–Crippen LogP) is 1.62. The fourth-order valence-corrected chi connectivity index (χ4v) is 4.55. The van der Waals surface area contributed by atoms with E-state index in [9.17, 15) is 14.7 Å². The SMILES string of the molecule is CC1CCCN(C(=O)CC2CC3CCC(C2)N3)C1C(=O)O. The molecule has 5 heteroatoms. The number of likely N-dealkylation sites (tertiary alicyclic amines) is 1. The first-order chi connectivity index (χ1) is 10.0. The predicted molar refractivity (Wildman–Crippen MR) is 78.8 cm³/mol. The summed E-state index contributed by atoms with van der Waals surface area (Å²) in [6.07, 6.45) is 6.96. The number of piperidine rings is 2. The van der Waals surface area contributed by atoms with Crippen LogP contribution in [0.3, 0.4) is 0 Å². The smallest absolute Gasteiger partial charge is 0.326 e. The van der Waals surface area contributed by atoms with Gasteiger partial charge in [-0.25, -0.2) is 4.79 Å². The lowest BCUT2D eigenvalue weighted by Gasteiger charge is -2.38. The number of aliphatic carboxylic acids is 1. The molecule has 0 saturated carbocycles. The number of hydrogen-bond acceptors (Lipinski definition) is 3. The molecular weight excluding hydrogens is 268 g/mol. The van der Waals surface area contributed by atoms with Gasteiger partial charge in [0.05, 0.1) is 0 Å². The van der Waals surface area contributed by atoms with Crippen LogP contribution in [0.2, 0.25) is 0 Å². The van der Waals surface area contributed by atoms with Crippen molar-refractivity contribution in [2.45, 2.75) is 70.0 Å². The number of carbonyl (C=O) groups excluding carboxylic acids is 1. The Morgan fingerprint density at radius 2 is 1.86 bits per heavy atom. The summed E-state index contributed by atoms with van der Waals surface area (Å²) in [6, 6.07) is 0.541. The van der Waals surface area contributed by atoms with Gasteiger partial charge in [-0.3, -0.25) is 4.79 Å². The standard InChI is InChI=1S/C16H26N2O3/c1-10-3-2-6-18(15(10)16(20)21)14(19)9-11-7-12-4-5-13(8-11)17-12/h10-13,15,17H,2-9H2,1H3,(H,20,21). The van der Waals surface area contributed by atoms with Gasteiger partial charge in [-0.2, -0.15) is 0 Å². The van der Waals surface area contributed by atoms with Gasteiger partial charge in [0.25, 0.3) is 0 Å². The second-order valence-corrected chi connectivity index (χ2v) is 7.17. The van der Waals surface area contributed by atoms with Gasteiger partial charge in [0.15, 0.2) is 0 Å². The van der Waals surface area contributed by atoms with Crippen molar-refractivity contribution in [2.75, 3.05) is 6.54 Å². The molecular formula is C16H26N2O3. The molecule has 2 bridgehead atoms. The van der Waals surface area contributed by atoms with Crippen LogP contribution in [0.1, 0.15) is 51.9 Å². The summed E-state index contributed by atoms with van der Waals surface area (Å²) in [4.78, 5) is 25.7. The van der Waals surface area contributed by atoms with E-state index in [1.807, 2.05) is 6.92 Å². The van der Waals surface area contributed by atoms with Crippen molar-refractivity contribution in [3.63, 3.8) is 0 Å². The van der Waals surface area contributed by atoms with Crippen LogP contribution in [0.4, 0.5) is 0 Å². The minimum absolute atomic E-state index is 0.0558. The number of carbonyl (C=O) groups is 2. The van der Waals surface area contributed by atoms with E-state index in [4.69, 9.17) is 0 Å². The van der Waals surface area contributed by atoms with Crippen molar-refractivity contribution >= 4 is 11.9 Å². The highest BCUT2D eigenvalue weighted by Crippen LogP contribution is 2.34. The summed E-state index contributed by atoms with van der Waals surface area (Å²) in [5.74, 6) is -0.298. The molecule has 2 N–H and O–H groups in total. The fraction of sp³-hybridized carbons (Fsp3) is 0.875. The minimum atomic E-state index is -0.846. The fourth-order valence-electron chi connectivity index (χ4n) is 4.55. The van der Waals surface area contributed by atoms with E-state index in [0.717, 1.165) is 25.7 Å². The topological polar surface area (TPSA) is 69.6 Å². The van der Waals surface area contributed by atoms with Crippen LogP contribution in [0, 0.1) is 11.8 Å². The Kier molecular flexibility index (Phi) is 4.20. The van der Waals surface area contributed by atoms with E-state index in [1.54, 1.807) is 4.90 Å². The van der Waals surface area contributed by atoms with Crippen LogP contribution >= 0.6 is 0 Å². The zero-order valence-electron chi connectivity index (χ0n) is 12.8. The molecule has 0 aromatic carbocycles. The van der Waals surface area contributed by atoms with Gasteiger partial charge in [-0.1, -0.05) is 6.92 Å². The molecule has 0 aliphatic carbocycles. The van der Waals surface area contributed by atoms with Gasteiger partial charge in [0, 0.05) is 25.0 Å². The molecule has 3 aliphatic heterocycles. The van der Waals surface area contributed by atoms with Crippen LogP contribution < -0.4 is 5.32 Å². The zero-order valence-corrected chi connectivity index (χ0v) is 12.8. The van der Waals surface area contributed by atoms with E-state index in [2.05, 4.69) is 5.32 Å². The Hall–Kier alpha value is -1.10. The third kappa shape index (κ3) is 3.07. The van der Waals surface area contributed by atoms with Gasteiger partial charge in [0.2, 0.25) is 5.91 Å². The lowest BCUT2D eigenvalue weighted by atomic mass is 9.87. The Morgan fingerprint density at radius 1 is 1.19 bits per heavy atom. The number of hydrogen-bond donors (Lipinski definition) is 2. The Balaban J connectivity index is 1.62. The van der Waals surface area contributed by atoms with Crippen LogP contribution in [-0.2, 0) is 9.59 Å². The number of rotatable bonds is 3. The van der Waals surface area contributed by atoms with E-state index in [1.165, 1.54) is 12.8 Å². The first-order valence-electron chi connectivity index (χ1n) is 8.33. The molecule has 3 saturated heterocycles. The highest BCUT2D eigenvalue weighted by atomic mass is 16.4. The molecule has 0 radical (unpaired) electrons. The van der Waals surface area contributed by atoms with Crippen molar-refractivity contribution in [2.24, 2.45) is 11.8 Å². The molecule has 3 fully saturated rings. The maximum atomic E-state index is 12.6. The Morgan fingerprint density at radius 3 is 2.48 bits per heavy atom. The largest absolute Gasteiger partial charge is 0.480 e. The molecule has 21 heavy (non-hydrogen) atoms. The summed E-state index contributed by atoms with van der Waals surface area (Å²) < 4.78 is 0. The first-order valence-corrected chi connectivity index (χ1v) is 8.33. The van der Waals surface area contributed by atoms with Gasteiger partial charge in [-0.05, 0) is 50.4 Å². The zero-order chi connectivity index (χ0) is 15.0. The lowest BCUT2D eigenvalue weighted by Crippen LogP contribution is -2.52. The molecule has 4 atom stereocenters. The summed E-state index contributed by atoms with van der Waals surface area (Å²) in [5, 5.41) is 13.0. The maximum Gasteiger partial charge on any atom is 0.326 e. The quantitative estimate of drug-likeness (QED) is 0.830. The van der Waals surface area contributed by atoms with E-state index < -0.39 is 12.0 Å². The Bertz CT molecular complexity index is 414. The van der Waals surface area contributed by atoms with Gasteiger partial charge in [-0.15, -0.1) is 0 Å². The maximum absolute atomic E-state index is 12.6. The average Bonchev–Trinajstić information content (AvgIpc) is 2.77. The molecule has 4 unspecified atom stereocenters. The summed E-state index contributed by atoms with van der Waals surface area (Å²) >= 11 is 0. The van der Waals surface area contributed by atoms with E-state index in [0.29, 0.717) is 31.0 Å². The van der Waals surface area contributed by atoms with Gasteiger partial charge < -0.3 is 15.3 Å². The molecule has 0 aromatic heterocycles. The number of nitrogens with one attached hydrogen (secondary N) is 1. The van der Waals surface area contributed by atoms with Crippen LogP contribution in [0.25, 0.3) is 0 Å². The van der Waals surface area contributed by atoms with E-state index in [-0.39, 0.29) is 11.8 Å². The molecule has 3 rings (SSSR count). The highest BCUT2D eigenvalue weighted by molar-refractivity contribution is 5.84. The van der Waals surface area contributed by atoms with Crippen molar-refractivity contribution < 1.29 is 14.7 Å². The lowest BCUT2D eigenvalue weighted by molar-refractivity contribution is -0.155. The molecule has 0 aromatic rings. The van der Waals surface area contributed by atoms with Crippen LogP contribution in [-0.4, -0.2) is 46.6 Å². The molecule has 3 heterocycles. The highest BCUT2D eigenvalue weighted by Gasteiger charge is 2.39. The molecule has 0 spiro atoms. The van der Waals surface area contributed by atoms with Crippen molar-refractivity contribution in [3.8, 4) is 0 Å². The third-order valence-electron chi connectivity index (χ3n) is 5.54. The van der Waals surface area contributed by atoms with Crippen molar-refractivity contribution in [1.82, 2.24) is 10.2 Å². The van der Waals surface area contributed by atoms with Crippen molar-refractivity contribution in [3.05, 3.63) is 0 Å². The van der Waals surface area contributed by atoms with Gasteiger partial charge >= 0.3 is 5.97 Å². The molecule has 118 valence electrons. The number of fused-ring (bicyclic) bond motifs is 2. The minimum Gasteiger partial charge on any atom is -0.480 e. The number of carboxylic acids is 1. The summed E-state index contributed by atoms with van der Waals surface area (Å²) in [5.41, 5.74) is 0. The average molecular weight is 294 g/mol. The third-order valence-corrected chi connectivity index (χ3v) is 5.54. The van der Waals surface area contributed by atoms with Crippen LogP contribution in [0.15, 0.2) is 0 Å². The molecule has 5 nitrogen and oxygen atoms in total. The monoisotopic (exact) mass is 294 g/mol. The van der Waals surface area contributed by atoms with Crippen molar-refractivity contribution in [1.29, 1.82) is 0 Å². The number of amides is 1. The second kappa shape index (κ2) is 5.95. The Labute approximate surface area is 126 Å². The number of nitrogens with zero attached hydrogens (tertiary/aromatic N) is 1. The molecule has 1 amide bonds. The van der Waals surface area contributed by atoms with E-state index >= 15 is 0 Å². The molecule has 3 aliphatic rings. The normalized spacial score (nSPS) is 39.3. The number of carboxylic acid groups (broad SMARTS) is 1. The first kappa shape index (κ1) is 14.8.